The third-order valence-corrected chi connectivity index (χ3v) is 4.74. The van der Waals surface area contributed by atoms with Gasteiger partial charge >= 0.3 is 6.01 Å². The second kappa shape index (κ2) is 5.93. The van der Waals surface area contributed by atoms with Gasteiger partial charge in [-0.25, -0.2) is 0 Å². The number of fused-ring (bicyclic) bond motifs is 1. The Labute approximate surface area is 133 Å². The summed E-state index contributed by atoms with van der Waals surface area (Å²) in [6, 6.07) is 0.293. The molecule has 2 fully saturated rings. The lowest BCUT2D eigenvalue weighted by Gasteiger charge is -2.24. The number of anilines is 1. The van der Waals surface area contributed by atoms with E-state index in [4.69, 9.17) is 15.2 Å². The fourth-order valence-corrected chi connectivity index (χ4v) is 3.11. The molecule has 8 heteroatoms. The lowest BCUT2D eigenvalue weighted by Crippen LogP contribution is -2.20. The van der Waals surface area contributed by atoms with E-state index in [0.717, 1.165) is 18.5 Å². The summed E-state index contributed by atoms with van der Waals surface area (Å²) in [5, 5.41) is 16.4. The Morgan fingerprint density at radius 3 is 2.78 bits per heavy atom. The van der Waals surface area contributed by atoms with Crippen LogP contribution in [0.15, 0.2) is 0 Å². The molecule has 3 heterocycles. The quantitative estimate of drug-likeness (QED) is 0.760. The SMILES string of the molecule is Nc1nc(OCC2CCC2)nc2c([C@H]3CC[C@@H](CO)O3)[nH]nc12. The second-order valence-corrected chi connectivity index (χ2v) is 6.34. The Kier molecular flexibility index (Phi) is 3.78. The van der Waals surface area contributed by atoms with Crippen molar-refractivity contribution < 1.29 is 14.6 Å². The van der Waals surface area contributed by atoms with Crippen LogP contribution in [-0.2, 0) is 4.74 Å². The van der Waals surface area contributed by atoms with Crippen LogP contribution in [0.3, 0.4) is 0 Å². The van der Waals surface area contributed by atoms with Crippen molar-refractivity contribution in [1.82, 2.24) is 20.2 Å². The topological polar surface area (TPSA) is 119 Å². The molecule has 2 aliphatic rings. The standard InChI is InChI=1S/C15H21N5O3/c16-14-13-12(17-15(18-14)22-7-8-2-1-3-8)11(19-20-13)10-5-4-9(6-21)23-10/h8-10,21H,1-7H2,(H,19,20)(H2,16,17,18)/t9-,10+/m0/s1. The summed E-state index contributed by atoms with van der Waals surface area (Å²) in [6.45, 7) is 0.653. The van der Waals surface area contributed by atoms with Gasteiger partial charge in [0.2, 0.25) is 0 Å². The van der Waals surface area contributed by atoms with E-state index in [9.17, 15) is 5.11 Å². The number of aliphatic hydroxyl groups excluding tert-OH is 1. The summed E-state index contributed by atoms with van der Waals surface area (Å²) in [7, 11) is 0. The van der Waals surface area contributed by atoms with Crippen molar-refractivity contribution in [3.05, 3.63) is 5.69 Å². The summed E-state index contributed by atoms with van der Waals surface area (Å²) >= 11 is 0. The van der Waals surface area contributed by atoms with Crippen molar-refractivity contribution in [2.75, 3.05) is 18.9 Å². The zero-order valence-electron chi connectivity index (χ0n) is 12.9. The van der Waals surface area contributed by atoms with Crippen LogP contribution in [0.2, 0.25) is 0 Å². The van der Waals surface area contributed by atoms with Crippen molar-refractivity contribution in [1.29, 1.82) is 0 Å². The highest BCUT2D eigenvalue weighted by Gasteiger charge is 2.30. The lowest BCUT2D eigenvalue weighted by molar-refractivity contribution is 0.00970. The predicted molar refractivity (Wildman–Crippen MR) is 82.9 cm³/mol. The van der Waals surface area contributed by atoms with Crippen molar-refractivity contribution in [2.24, 2.45) is 5.92 Å². The fourth-order valence-electron chi connectivity index (χ4n) is 3.11. The van der Waals surface area contributed by atoms with Crippen molar-refractivity contribution >= 4 is 16.9 Å². The number of aromatic nitrogens is 4. The first kappa shape index (κ1) is 14.6. The van der Waals surface area contributed by atoms with Crippen LogP contribution in [0, 0.1) is 5.92 Å². The van der Waals surface area contributed by atoms with E-state index in [2.05, 4.69) is 20.2 Å². The van der Waals surface area contributed by atoms with Crippen LogP contribution in [0.1, 0.15) is 43.9 Å². The average molecular weight is 319 g/mol. The first-order chi connectivity index (χ1) is 11.2. The van der Waals surface area contributed by atoms with Crippen LogP contribution >= 0.6 is 0 Å². The molecule has 1 aliphatic heterocycles. The Hall–Kier alpha value is -1.93. The smallest absolute Gasteiger partial charge is 0.319 e. The lowest BCUT2D eigenvalue weighted by atomic mass is 9.86. The molecule has 0 bridgehead atoms. The molecule has 23 heavy (non-hydrogen) atoms. The van der Waals surface area contributed by atoms with Gasteiger partial charge in [-0.3, -0.25) is 5.10 Å². The maximum atomic E-state index is 9.22. The molecule has 0 amide bonds. The number of hydrogen-bond acceptors (Lipinski definition) is 7. The fraction of sp³-hybridized carbons (Fsp3) is 0.667. The minimum atomic E-state index is -0.161. The number of rotatable bonds is 5. The highest BCUT2D eigenvalue weighted by Crippen LogP contribution is 2.35. The minimum Gasteiger partial charge on any atom is -0.463 e. The molecule has 2 aromatic heterocycles. The number of aliphatic hydroxyl groups is 1. The van der Waals surface area contributed by atoms with E-state index in [1.807, 2.05) is 0 Å². The molecule has 0 radical (unpaired) electrons. The van der Waals surface area contributed by atoms with Crippen molar-refractivity contribution in [3.63, 3.8) is 0 Å². The molecule has 1 saturated heterocycles. The number of ether oxygens (including phenoxy) is 2. The van der Waals surface area contributed by atoms with E-state index < -0.39 is 0 Å². The number of nitrogens with two attached hydrogens (primary N) is 1. The molecular weight excluding hydrogens is 298 g/mol. The third-order valence-electron chi connectivity index (χ3n) is 4.74. The summed E-state index contributed by atoms with van der Waals surface area (Å²) in [5.74, 6) is 0.903. The highest BCUT2D eigenvalue weighted by molar-refractivity contribution is 5.86. The maximum absolute atomic E-state index is 9.22. The molecule has 0 aromatic carbocycles. The Morgan fingerprint density at radius 1 is 1.22 bits per heavy atom. The molecule has 1 aliphatic carbocycles. The molecule has 1 saturated carbocycles. The third kappa shape index (κ3) is 2.72. The minimum absolute atomic E-state index is 0.0233. The Morgan fingerprint density at radius 2 is 2.09 bits per heavy atom. The number of nitrogens with zero attached hydrogens (tertiary/aromatic N) is 3. The average Bonchev–Trinajstić information content (AvgIpc) is 3.11. The van der Waals surface area contributed by atoms with E-state index >= 15 is 0 Å². The Bertz CT molecular complexity index is 700. The summed E-state index contributed by atoms with van der Waals surface area (Å²) in [4.78, 5) is 8.66. The van der Waals surface area contributed by atoms with Gasteiger partial charge in [0.25, 0.3) is 0 Å². The van der Waals surface area contributed by atoms with Gasteiger partial charge in [-0.1, -0.05) is 6.42 Å². The van der Waals surface area contributed by atoms with E-state index in [1.165, 1.54) is 19.3 Å². The van der Waals surface area contributed by atoms with E-state index in [1.54, 1.807) is 0 Å². The van der Waals surface area contributed by atoms with Gasteiger partial charge in [0.1, 0.15) is 11.6 Å². The van der Waals surface area contributed by atoms with E-state index in [-0.39, 0.29) is 18.8 Å². The molecule has 124 valence electrons. The normalized spacial score (nSPS) is 24.9. The van der Waals surface area contributed by atoms with Gasteiger partial charge < -0.3 is 20.3 Å². The van der Waals surface area contributed by atoms with Crippen LogP contribution < -0.4 is 10.5 Å². The number of hydrogen-bond donors (Lipinski definition) is 3. The first-order valence-corrected chi connectivity index (χ1v) is 8.15. The van der Waals surface area contributed by atoms with Crippen molar-refractivity contribution in [3.8, 4) is 6.01 Å². The van der Waals surface area contributed by atoms with Gasteiger partial charge in [-0.15, -0.1) is 0 Å². The van der Waals surface area contributed by atoms with Gasteiger partial charge in [-0.05, 0) is 31.6 Å². The monoisotopic (exact) mass is 319 g/mol. The van der Waals surface area contributed by atoms with Crippen molar-refractivity contribution in [2.45, 2.75) is 44.3 Å². The van der Waals surface area contributed by atoms with Crippen LogP contribution in [0.4, 0.5) is 5.82 Å². The molecular formula is C15H21N5O3. The van der Waals surface area contributed by atoms with Gasteiger partial charge in [0.15, 0.2) is 11.3 Å². The summed E-state index contributed by atoms with van der Waals surface area (Å²) in [5.41, 5.74) is 7.93. The molecule has 2 aromatic rings. The largest absolute Gasteiger partial charge is 0.463 e. The zero-order chi connectivity index (χ0) is 15.8. The van der Waals surface area contributed by atoms with Gasteiger partial charge in [0.05, 0.1) is 25.0 Å². The molecule has 8 nitrogen and oxygen atoms in total. The van der Waals surface area contributed by atoms with Crippen LogP contribution in [-0.4, -0.2) is 44.6 Å². The van der Waals surface area contributed by atoms with Crippen LogP contribution in [0.25, 0.3) is 11.0 Å². The molecule has 0 spiro atoms. The van der Waals surface area contributed by atoms with E-state index in [0.29, 0.717) is 35.4 Å². The maximum Gasteiger partial charge on any atom is 0.319 e. The summed E-state index contributed by atoms with van der Waals surface area (Å²) in [6.07, 6.45) is 5.00. The highest BCUT2D eigenvalue weighted by atomic mass is 16.5. The number of nitrogens with one attached hydrogen (secondary N) is 1. The molecule has 2 atom stereocenters. The zero-order valence-corrected chi connectivity index (χ0v) is 12.9. The Balaban J connectivity index is 1.59. The van der Waals surface area contributed by atoms with Gasteiger partial charge in [0, 0.05) is 0 Å². The van der Waals surface area contributed by atoms with Gasteiger partial charge in [-0.2, -0.15) is 15.1 Å². The number of nitrogen functional groups attached to an aromatic ring is 1. The predicted octanol–water partition coefficient (Wildman–Crippen LogP) is 1.33. The molecule has 4 N–H and O–H groups in total. The summed E-state index contributed by atoms with van der Waals surface area (Å²) < 4.78 is 11.5. The first-order valence-electron chi connectivity index (χ1n) is 8.15. The second-order valence-electron chi connectivity index (χ2n) is 6.34. The number of aromatic amines is 1. The number of H-pyrrole nitrogens is 1. The molecule has 4 rings (SSSR count). The molecule has 0 unspecified atom stereocenters. The van der Waals surface area contributed by atoms with Crippen LogP contribution in [0.5, 0.6) is 6.01 Å².